The third-order valence-corrected chi connectivity index (χ3v) is 12.2. The van der Waals surface area contributed by atoms with Gasteiger partial charge >= 0.3 is 0 Å². The zero-order valence-electron chi connectivity index (χ0n) is 20.7. The van der Waals surface area contributed by atoms with E-state index in [9.17, 15) is 20.4 Å². The Hall–Kier alpha value is -0.240. The highest BCUT2D eigenvalue weighted by Crippen LogP contribution is 2.71. The lowest BCUT2D eigenvalue weighted by molar-refractivity contribution is -0.286. The Kier molecular flexibility index (Phi) is 5.03. The molecule has 0 unspecified atom stereocenters. The molecule has 6 rings (SSSR count). The van der Waals surface area contributed by atoms with Gasteiger partial charge in [-0.25, -0.2) is 0 Å². The molecule has 2 saturated heterocycles. The van der Waals surface area contributed by atoms with Crippen molar-refractivity contribution in [2.24, 2.45) is 46.3 Å². The summed E-state index contributed by atoms with van der Waals surface area (Å²) in [6, 6.07) is 0. The highest BCUT2D eigenvalue weighted by Gasteiger charge is 2.72. The van der Waals surface area contributed by atoms with Gasteiger partial charge in [0.1, 0.15) is 0 Å². The minimum Gasteiger partial charge on any atom is -0.390 e. The first-order valence-electron chi connectivity index (χ1n) is 13.5. The van der Waals surface area contributed by atoms with E-state index < -0.39 is 35.1 Å². The van der Waals surface area contributed by atoms with Crippen LogP contribution in [0, 0.1) is 46.3 Å². The Morgan fingerprint density at radius 2 is 1.61 bits per heavy atom. The lowest BCUT2D eigenvalue weighted by Gasteiger charge is -2.66. The quantitative estimate of drug-likeness (QED) is 0.440. The Balaban J connectivity index is 1.30. The molecular formula is C27H44O6. The number of aliphatic hydroxyl groups is 4. The van der Waals surface area contributed by atoms with Crippen molar-refractivity contribution < 1.29 is 29.9 Å². The van der Waals surface area contributed by atoms with Gasteiger partial charge in [-0.15, -0.1) is 0 Å². The SMILES string of the molecule is C[C@@H]1CC[C@@]2(OC1)O[C@H]1C[C@H]3[C@@H]4C[C@H](O)[C@@]5(O)C[C@@H](O)[C@H](O)C[C@]5(C)[C@H]4CC[C@]3(C)[C@H]1[C@@H]2C. The maximum atomic E-state index is 11.7. The first kappa shape index (κ1) is 23.2. The zero-order valence-corrected chi connectivity index (χ0v) is 20.7. The van der Waals surface area contributed by atoms with Gasteiger partial charge in [-0.05, 0) is 73.5 Å². The molecule has 2 aliphatic heterocycles. The van der Waals surface area contributed by atoms with Crippen LogP contribution in [-0.2, 0) is 9.47 Å². The molecule has 0 aromatic heterocycles. The molecule has 1 spiro atoms. The molecule has 4 N–H and O–H groups in total. The minimum atomic E-state index is -1.34. The average molecular weight is 465 g/mol. The molecule has 2 heterocycles. The van der Waals surface area contributed by atoms with Gasteiger partial charge in [0.25, 0.3) is 0 Å². The monoisotopic (exact) mass is 464 g/mol. The number of hydrogen-bond acceptors (Lipinski definition) is 6. The van der Waals surface area contributed by atoms with Crippen LogP contribution < -0.4 is 0 Å². The fourth-order valence-electron chi connectivity index (χ4n) is 10.3. The van der Waals surface area contributed by atoms with Gasteiger partial charge in [0, 0.05) is 24.2 Å². The van der Waals surface area contributed by atoms with Crippen molar-refractivity contribution in [2.75, 3.05) is 6.61 Å². The summed E-state index contributed by atoms with van der Waals surface area (Å²) < 4.78 is 13.2. The summed E-state index contributed by atoms with van der Waals surface area (Å²) >= 11 is 0. The van der Waals surface area contributed by atoms with E-state index in [4.69, 9.17) is 9.47 Å². The van der Waals surface area contributed by atoms with E-state index in [0.29, 0.717) is 42.4 Å². The lowest BCUT2D eigenvalue weighted by Crippen LogP contribution is -2.70. The first-order valence-corrected chi connectivity index (χ1v) is 13.5. The van der Waals surface area contributed by atoms with E-state index in [2.05, 4.69) is 27.7 Å². The predicted molar refractivity (Wildman–Crippen MR) is 122 cm³/mol. The molecule has 4 saturated carbocycles. The van der Waals surface area contributed by atoms with Crippen molar-refractivity contribution in [1.29, 1.82) is 0 Å². The van der Waals surface area contributed by atoms with Crippen molar-refractivity contribution in [3.63, 3.8) is 0 Å². The molecule has 0 radical (unpaired) electrons. The van der Waals surface area contributed by atoms with Crippen LogP contribution in [0.25, 0.3) is 0 Å². The number of fused-ring (bicyclic) bond motifs is 7. The van der Waals surface area contributed by atoms with Crippen LogP contribution in [-0.4, -0.2) is 62.8 Å². The summed E-state index contributed by atoms with van der Waals surface area (Å²) in [7, 11) is 0. The molecule has 0 aromatic carbocycles. The summed E-state index contributed by atoms with van der Waals surface area (Å²) in [6.07, 6.45) is 3.71. The highest BCUT2D eigenvalue weighted by atomic mass is 16.7. The number of ether oxygens (including phenoxy) is 2. The highest BCUT2D eigenvalue weighted by molar-refractivity contribution is 5.20. The fourth-order valence-corrected chi connectivity index (χ4v) is 10.3. The molecule has 4 aliphatic carbocycles. The molecular weight excluding hydrogens is 420 g/mol. The average Bonchev–Trinajstić information content (AvgIpc) is 3.19. The van der Waals surface area contributed by atoms with Crippen molar-refractivity contribution in [2.45, 2.75) is 115 Å². The van der Waals surface area contributed by atoms with Crippen LogP contribution in [0.5, 0.6) is 0 Å². The summed E-state index contributed by atoms with van der Waals surface area (Å²) in [5.74, 6) is 1.97. The fraction of sp³-hybridized carbons (Fsp3) is 1.00. The van der Waals surface area contributed by atoms with Crippen LogP contribution in [0.3, 0.4) is 0 Å². The summed E-state index contributed by atoms with van der Waals surface area (Å²) in [6.45, 7) is 9.90. The van der Waals surface area contributed by atoms with Gasteiger partial charge in [0.2, 0.25) is 0 Å². The Labute approximate surface area is 198 Å². The topological polar surface area (TPSA) is 99.4 Å². The van der Waals surface area contributed by atoms with Crippen molar-refractivity contribution in [3.05, 3.63) is 0 Å². The molecule has 6 fully saturated rings. The van der Waals surface area contributed by atoms with Crippen LogP contribution in [0.15, 0.2) is 0 Å². The number of rotatable bonds is 0. The third kappa shape index (κ3) is 2.83. The zero-order chi connectivity index (χ0) is 23.6. The smallest absolute Gasteiger partial charge is 0.171 e. The second kappa shape index (κ2) is 7.17. The molecule has 33 heavy (non-hydrogen) atoms. The van der Waals surface area contributed by atoms with E-state index >= 15 is 0 Å². The van der Waals surface area contributed by atoms with Gasteiger partial charge in [-0.2, -0.15) is 0 Å². The lowest BCUT2D eigenvalue weighted by atomic mass is 9.42. The second-order valence-corrected chi connectivity index (χ2v) is 13.5. The van der Waals surface area contributed by atoms with Crippen LogP contribution in [0.2, 0.25) is 0 Å². The molecule has 188 valence electrons. The normalized spacial score (nSPS) is 64.7. The van der Waals surface area contributed by atoms with Gasteiger partial charge < -0.3 is 29.9 Å². The molecule has 0 bridgehead atoms. The molecule has 0 amide bonds. The molecule has 6 aliphatic rings. The molecule has 6 nitrogen and oxygen atoms in total. The van der Waals surface area contributed by atoms with Gasteiger partial charge in [-0.3, -0.25) is 0 Å². The maximum absolute atomic E-state index is 11.7. The van der Waals surface area contributed by atoms with Crippen molar-refractivity contribution >= 4 is 0 Å². The Bertz CT molecular complexity index is 795. The number of aliphatic hydroxyl groups excluding tert-OH is 3. The summed E-state index contributed by atoms with van der Waals surface area (Å²) in [4.78, 5) is 0. The second-order valence-electron chi connectivity index (χ2n) is 13.5. The standard InChI is InChI=1S/C27H44O6/c1-14-5-8-27(32-13-14)15(2)23-21(33-27)10-18-16-9-22(30)26(31)12-20(29)19(28)11-25(26,4)17(16)6-7-24(18,23)3/h14-23,28-31H,5-13H2,1-4H3/t14-,15+,16-,17+,18+,19-,20-,21+,22+,23+,24+,25-,26+,27-/m1/s1. The minimum absolute atomic E-state index is 0.0562. The van der Waals surface area contributed by atoms with Crippen LogP contribution in [0.1, 0.15) is 79.1 Å². The third-order valence-electron chi connectivity index (χ3n) is 12.2. The predicted octanol–water partition coefficient (Wildman–Crippen LogP) is 2.85. The maximum Gasteiger partial charge on any atom is 0.171 e. The molecule has 6 heteroatoms. The van der Waals surface area contributed by atoms with Crippen molar-refractivity contribution in [1.82, 2.24) is 0 Å². The van der Waals surface area contributed by atoms with Gasteiger partial charge in [-0.1, -0.05) is 27.7 Å². The summed E-state index contributed by atoms with van der Waals surface area (Å²) in [5, 5.41) is 43.8. The first-order chi connectivity index (χ1) is 15.5. The van der Waals surface area contributed by atoms with E-state index in [1.54, 1.807) is 0 Å². The largest absolute Gasteiger partial charge is 0.390 e. The molecule has 0 aromatic rings. The van der Waals surface area contributed by atoms with Gasteiger partial charge in [0.05, 0.1) is 36.6 Å². The van der Waals surface area contributed by atoms with E-state index in [0.717, 1.165) is 38.7 Å². The van der Waals surface area contributed by atoms with Crippen molar-refractivity contribution in [3.8, 4) is 0 Å². The summed E-state index contributed by atoms with van der Waals surface area (Å²) in [5.41, 5.74) is -1.79. The Morgan fingerprint density at radius 3 is 2.30 bits per heavy atom. The van der Waals surface area contributed by atoms with Crippen LogP contribution in [0.4, 0.5) is 0 Å². The van der Waals surface area contributed by atoms with E-state index in [1.807, 2.05) is 0 Å². The van der Waals surface area contributed by atoms with Gasteiger partial charge in [0.15, 0.2) is 5.79 Å². The van der Waals surface area contributed by atoms with E-state index in [-0.39, 0.29) is 23.9 Å². The molecule has 14 atom stereocenters. The Morgan fingerprint density at radius 1 is 0.879 bits per heavy atom. The van der Waals surface area contributed by atoms with Crippen LogP contribution >= 0.6 is 0 Å². The number of hydrogen-bond donors (Lipinski definition) is 4. The van der Waals surface area contributed by atoms with E-state index in [1.165, 1.54) is 0 Å².